The van der Waals surface area contributed by atoms with Crippen molar-refractivity contribution >= 4 is 5.91 Å². The molecule has 146 valence electrons. The van der Waals surface area contributed by atoms with Gasteiger partial charge in [0.25, 0.3) is 0 Å². The molecule has 0 bridgehead atoms. The molecule has 3 nitrogen and oxygen atoms in total. The predicted molar refractivity (Wildman–Crippen MR) is 117 cm³/mol. The Hall–Kier alpha value is -3.20. The quantitative estimate of drug-likeness (QED) is 0.518. The number of aryl methyl sites for hydroxylation is 1. The Labute approximate surface area is 172 Å². The van der Waals surface area contributed by atoms with Gasteiger partial charge in [-0.15, -0.1) is 0 Å². The first-order chi connectivity index (χ1) is 14.1. The van der Waals surface area contributed by atoms with Crippen LogP contribution >= 0.6 is 0 Å². The minimum absolute atomic E-state index is 0.0163. The summed E-state index contributed by atoms with van der Waals surface area (Å²) in [6.07, 6.45) is 5.01. The highest BCUT2D eigenvalue weighted by Gasteiger charge is 2.34. The van der Waals surface area contributed by atoms with Crippen LogP contribution in [0.25, 0.3) is 11.3 Å². The number of carbonyl (C=O) groups excluding carboxylic acids is 1. The molecule has 0 fully saturated rings. The third kappa shape index (κ3) is 3.73. The number of nitrogens with zero attached hydrogens (tertiary/aromatic N) is 2. The molecule has 1 aliphatic heterocycles. The van der Waals surface area contributed by atoms with Gasteiger partial charge in [-0.05, 0) is 37.0 Å². The van der Waals surface area contributed by atoms with Crippen LogP contribution in [0.1, 0.15) is 49.0 Å². The zero-order chi connectivity index (χ0) is 20.4. The molecule has 29 heavy (non-hydrogen) atoms. The molecule has 0 N–H and O–H groups in total. The molecule has 2 aromatic carbocycles. The summed E-state index contributed by atoms with van der Waals surface area (Å²) in [5, 5.41) is 0. The van der Waals surface area contributed by atoms with E-state index in [1.807, 2.05) is 47.5 Å². The average Bonchev–Trinajstić information content (AvgIpc) is 2.74. The first kappa shape index (κ1) is 19.1. The zero-order valence-corrected chi connectivity index (χ0v) is 17.2. The molecular weight excluding hydrogens is 356 g/mol. The summed E-state index contributed by atoms with van der Waals surface area (Å²) in [5.74, 6) is 0.0843. The Morgan fingerprint density at radius 2 is 1.62 bits per heavy atom. The molecule has 1 amide bonds. The number of hydrogen-bond donors (Lipinski definition) is 0. The summed E-state index contributed by atoms with van der Waals surface area (Å²) in [6, 6.07) is 22.6. The van der Waals surface area contributed by atoms with Gasteiger partial charge in [-0.25, -0.2) is 0 Å². The average molecular weight is 383 g/mol. The lowest BCUT2D eigenvalue weighted by atomic mass is 9.87. The Morgan fingerprint density at radius 1 is 0.966 bits per heavy atom. The number of carbonyl (C=O) groups is 1. The molecule has 0 saturated carbocycles. The van der Waals surface area contributed by atoms with Crippen molar-refractivity contribution in [1.29, 1.82) is 0 Å². The standard InChI is InChI=1S/C26H26N2O/c1-18-14-15-24(28(20(3)29)26(18)22-12-8-5-9-13-22)23-16-19(2)25(27-17-23)21-10-6-4-7-11-21/h4-14,16-17,24,26H,15H2,1-3H3. The predicted octanol–water partition coefficient (Wildman–Crippen LogP) is 6.04. The van der Waals surface area contributed by atoms with Crippen molar-refractivity contribution < 1.29 is 4.79 Å². The van der Waals surface area contributed by atoms with Crippen LogP contribution in [-0.4, -0.2) is 15.8 Å². The highest BCUT2D eigenvalue weighted by Crippen LogP contribution is 2.42. The number of hydrogen-bond acceptors (Lipinski definition) is 2. The Balaban J connectivity index is 1.74. The second-order valence-electron chi connectivity index (χ2n) is 7.74. The molecule has 1 aromatic heterocycles. The lowest BCUT2D eigenvalue weighted by molar-refractivity contribution is -0.133. The van der Waals surface area contributed by atoms with Crippen LogP contribution in [0.3, 0.4) is 0 Å². The smallest absolute Gasteiger partial charge is 0.220 e. The van der Waals surface area contributed by atoms with E-state index in [2.05, 4.69) is 50.3 Å². The molecular formula is C26H26N2O. The minimum Gasteiger partial charge on any atom is -0.325 e. The molecule has 1 aliphatic rings. The van der Waals surface area contributed by atoms with Crippen molar-refractivity contribution in [2.24, 2.45) is 0 Å². The fourth-order valence-corrected chi connectivity index (χ4v) is 4.36. The van der Waals surface area contributed by atoms with E-state index in [9.17, 15) is 4.79 Å². The topological polar surface area (TPSA) is 33.2 Å². The van der Waals surface area contributed by atoms with E-state index >= 15 is 0 Å². The SMILES string of the molecule is CC(=O)N1C(c2cnc(-c3ccccc3)c(C)c2)CC=C(C)C1c1ccccc1. The lowest BCUT2D eigenvalue weighted by Gasteiger charge is -2.42. The molecule has 3 aromatic rings. The van der Waals surface area contributed by atoms with Gasteiger partial charge >= 0.3 is 0 Å². The van der Waals surface area contributed by atoms with Crippen LogP contribution in [0.4, 0.5) is 0 Å². The van der Waals surface area contributed by atoms with E-state index in [0.29, 0.717) is 0 Å². The summed E-state index contributed by atoms with van der Waals surface area (Å²) in [5.41, 5.74) is 6.68. The molecule has 4 rings (SSSR count). The molecule has 2 unspecified atom stereocenters. The van der Waals surface area contributed by atoms with Gasteiger partial charge in [0.1, 0.15) is 0 Å². The van der Waals surface area contributed by atoms with Crippen molar-refractivity contribution in [3.05, 3.63) is 101 Å². The summed E-state index contributed by atoms with van der Waals surface area (Å²) in [4.78, 5) is 19.6. The maximum atomic E-state index is 12.8. The van der Waals surface area contributed by atoms with E-state index in [1.165, 1.54) is 5.57 Å². The van der Waals surface area contributed by atoms with Crippen LogP contribution in [0.15, 0.2) is 84.6 Å². The van der Waals surface area contributed by atoms with E-state index in [1.54, 1.807) is 6.92 Å². The number of rotatable bonds is 3. The van der Waals surface area contributed by atoms with Gasteiger partial charge < -0.3 is 4.90 Å². The van der Waals surface area contributed by atoms with Gasteiger partial charge in [0.05, 0.1) is 17.8 Å². The summed E-state index contributed by atoms with van der Waals surface area (Å²) < 4.78 is 0. The first-order valence-electron chi connectivity index (χ1n) is 10.1. The maximum absolute atomic E-state index is 12.8. The fraction of sp³-hybridized carbons (Fsp3) is 0.231. The number of amides is 1. The largest absolute Gasteiger partial charge is 0.325 e. The lowest BCUT2D eigenvalue weighted by Crippen LogP contribution is -2.39. The van der Waals surface area contributed by atoms with Crippen LogP contribution in [0, 0.1) is 6.92 Å². The molecule has 0 spiro atoms. The second-order valence-corrected chi connectivity index (χ2v) is 7.74. The molecule has 2 atom stereocenters. The normalized spacial score (nSPS) is 19.0. The Bertz CT molecular complexity index is 1040. The number of pyridine rings is 1. The van der Waals surface area contributed by atoms with Crippen LogP contribution < -0.4 is 0 Å². The highest BCUT2D eigenvalue weighted by molar-refractivity contribution is 5.75. The van der Waals surface area contributed by atoms with Gasteiger partial charge in [0.2, 0.25) is 5.91 Å². The van der Waals surface area contributed by atoms with Crippen molar-refractivity contribution in [2.75, 3.05) is 0 Å². The molecule has 0 radical (unpaired) electrons. The molecule has 0 saturated heterocycles. The number of aromatic nitrogens is 1. The van der Waals surface area contributed by atoms with E-state index in [0.717, 1.165) is 34.4 Å². The third-order valence-electron chi connectivity index (χ3n) is 5.72. The van der Waals surface area contributed by atoms with Crippen LogP contribution in [-0.2, 0) is 4.79 Å². The molecule has 0 aliphatic carbocycles. The monoisotopic (exact) mass is 382 g/mol. The third-order valence-corrected chi connectivity index (χ3v) is 5.72. The molecule has 2 heterocycles. The Kier molecular flexibility index (Phi) is 5.30. The first-order valence-corrected chi connectivity index (χ1v) is 10.1. The highest BCUT2D eigenvalue weighted by atomic mass is 16.2. The van der Waals surface area contributed by atoms with Crippen molar-refractivity contribution in [1.82, 2.24) is 9.88 Å². The zero-order valence-electron chi connectivity index (χ0n) is 17.2. The van der Waals surface area contributed by atoms with E-state index in [4.69, 9.17) is 4.98 Å². The maximum Gasteiger partial charge on any atom is 0.220 e. The van der Waals surface area contributed by atoms with Crippen molar-refractivity contribution in [3.8, 4) is 11.3 Å². The minimum atomic E-state index is -0.0402. The van der Waals surface area contributed by atoms with Crippen molar-refractivity contribution in [3.63, 3.8) is 0 Å². The van der Waals surface area contributed by atoms with Gasteiger partial charge in [-0.3, -0.25) is 9.78 Å². The summed E-state index contributed by atoms with van der Waals surface area (Å²) in [7, 11) is 0. The van der Waals surface area contributed by atoms with Gasteiger partial charge in [-0.2, -0.15) is 0 Å². The molecule has 3 heteroatoms. The summed E-state index contributed by atoms with van der Waals surface area (Å²) in [6.45, 7) is 5.88. The van der Waals surface area contributed by atoms with Gasteiger partial charge in [0.15, 0.2) is 0 Å². The fourth-order valence-electron chi connectivity index (χ4n) is 4.36. The van der Waals surface area contributed by atoms with Crippen LogP contribution in [0.2, 0.25) is 0 Å². The van der Waals surface area contributed by atoms with E-state index < -0.39 is 0 Å². The Morgan fingerprint density at radius 3 is 2.24 bits per heavy atom. The van der Waals surface area contributed by atoms with Crippen molar-refractivity contribution in [2.45, 2.75) is 39.3 Å². The summed E-state index contributed by atoms with van der Waals surface area (Å²) >= 11 is 0. The van der Waals surface area contributed by atoms with Gasteiger partial charge in [-0.1, -0.05) is 78.4 Å². The number of benzene rings is 2. The van der Waals surface area contributed by atoms with Crippen LogP contribution in [0.5, 0.6) is 0 Å². The second kappa shape index (κ2) is 8.04. The van der Waals surface area contributed by atoms with E-state index in [-0.39, 0.29) is 18.0 Å². The van der Waals surface area contributed by atoms with Gasteiger partial charge in [0, 0.05) is 18.7 Å².